The number of carbonyl (C=O) groups excluding carboxylic acids is 1. The molecule has 2 atom stereocenters. The number of carboxylic acid groups (broad SMARTS) is 1. The molecule has 0 spiro atoms. The third-order valence-corrected chi connectivity index (χ3v) is 3.32. The molecule has 0 aromatic carbocycles. The lowest BCUT2D eigenvalue weighted by Gasteiger charge is -2.29. The molecule has 104 valence electrons. The summed E-state index contributed by atoms with van der Waals surface area (Å²) < 4.78 is 0. The van der Waals surface area contributed by atoms with Gasteiger partial charge in [0.2, 0.25) is 0 Å². The van der Waals surface area contributed by atoms with Gasteiger partial charge in [-0.2, -0.15) is 0 Å². The van der Waals surface area contributed by atoms with Crippen molar-refractivity contribution >= 4 is 12.0 Å². The van der Waals surface area contributed by atoms with Crippen LogP contribution in [0.5, 0.6) is 0 Å². The highest BCUT2D eigenvalue weighted by Crippen LogP contribution is 2.18. The molecular weight excluding hydrogens is 236 g/mol. The number of rotatable bonds is 4. The first kappa shape index (κ1) is 14.8. The molecule has 6 nitrogen and oxygen atoms in total. The van der Waals surface area contributed by atoms with E-state index in [0.29, 0.717) is 6.42 Å². The van der Waals surface area contributed by atoms with Gasteiger partial charge in [0.1, 0.15) is 0 Å². The summed E-state index contributed by atoms with van der Waals surface area (Å²) in [6.45, 7) is 3.15. The van der Waals surface area contributed by atoms with Gasteiger partial charge in [-0.3, -0.25) is 4.79 Å². The smallest absolute Gasteiger partial charge is 0.315 e. The van der Waals surface area contributed by atoms with Crippen LogP contribution in [0.15, 0.2) is 0 Å². The molecule has 0 aromatic heterocycles. The van der Waals surface area contributed by atoms with E-state index in [1.165, 1.54) is 0 Å². The molecule has 0 saturated heterocycles. The lowest BCUT2D eigenvalue weighted by Crippen LogP contribution is -2.51. The molecule has 0 aromatic rings. The first-order valence-corrected chi connectivity index (χ1v) is 6.29. The summed E-state index contributed by atoms with van der Waals surface area (Å²) in [7, 11) is 0. The summed E-state index contributed by atoms with van der Waals surface area (Å²) in [5, 5.41) is 23.8. The molecule has 1 rings (SSSR count). The van der Waals surface area contributed by atoms with Crippen LogP contribution >= 0.6 is 0 Å². The highest BCUT2D eigenvalue weighted by Gasteiger charge is 2.29. The first-order valence-electron chi connectivity index (χ1n) is 6.29. The van der Waals surface area contributed by atoms with Crippen molar-refractivity contribution in [3.8, 4) is 0 Å². The van der Waals surface area contributed by atoms with Crippen LogP contribution < -0.4 is 10.6 Å². The van der Waals surface area contributed by atoms with Gasteiger partial charge in [-0.25, -0.2) is 4.79 Å². The summed E-state index contributed by atoms with van der Waals surface area (Å²) in [6, 6.07) is -0.651. The van der Waals surface area contributed by atoms with E-state index in [1.807, 2.05) is 0 Å². The van der Waals surface area contributed by atoms with Crippen LogP contribution in [0.4, 0.5) is 4.79 Å². The zero-order chi connectivity index (χ0) is 13.8. The minimum absolute atomic E-state index is 0.0526. The van der Waals surface area contributed by atoms with Crippen molar-refractivity contribution in [2.75, 3.05) is 6.54 Å². The Morgan fingerprint density at radius 1 is 1.28 bits per heavy atom. The average molecular weight is 258 g/mol. The normalized spacial score (nSPS) is 24.4. The summed E-state index contributed by atoms with van der Waals surface area (Å²) in [5.41, 5.74) is -0.997. The Balaban J connectivity index is 2.35. The monoisotopic (exact) mass is 258 g/mol. The summed E-state index contributed by atoms with van der Waals surface area (Å²) in [6.07, 6.45) is 2.93. The van der Waals surface area contributed by atoms with Gasteiger partial charge in [0.05, 0.1) is 17.6 Å². The van der Waals surface area contributed by atoms with Crippen LogP contribution in [0.3, 0.4) is 0 Å². The summed E-state index contributed by atoms with van der Waals surface area (Å²) >= 11 is 0. The van der Waals surface area contributed by atoms with Crippen LogP contribution in [-0.2, 0) is 4.79 Å². The highest BCUT2D eigenvalue weighted by molar-refractivity contribution is 5.77. The van der Waals surface area contributed by atoms with Gasteiger partial charge in [-0.1, -0.05) is 12.8 Å². The SMILES string of the molecule is CC(C)(CNC(=O)NC1CCCCC1O)C(=O)O. The van der Waals surface area contributed by atoms with Crippen molar-refractivity contribution in [3.63, 3.8) is 0 Å². The number of amides is 2. The predicted molar refractivity (Wildman–Crippen MR) is 66.2 cm³/mol. The minimum atomic E-state index is -0.997. The van der Waals surface area contributed by atoms with E-state index in [9.17, 15) is 14.7 Å². The number of hydrogen-bond acceptors (Lipinski definition) is 3. The van der Waals surface area contributed by atoms with Gasteiger partial charge in [-0.15, -0.1) is 0 Å². The molecule has 0 aliphatic heterocycles. The topological polar surface area (TPSA) is 98.7 Å². The Morgan fingerprint density at radius 3 is 2.44 bits per heavy atom. The third kappa shape index (κ3) is 4.18. The van der Waals surface area contributed by atoms with Crippen LogP contribution in [-0.4, -0.2) is 40.9 Å². The molecule has 6 heteroatoms. The number of aliphatic hydroxyl groups is 1. The lowest BCUT2D eigenvalue weighted by atomic mass is 9.92. The van der Waals surface area contributed by atoms with Gasteiger partial charge in [0.25, 0.3) is 0 Å². The maximum absolute atomic E-state index is 11.6. The van der Waals surface area contributed by atoms with Crippen LogP contribution in [0.2, 0.25) is 0 Å². The minimum Gasteiger partial charge on any atom is -0.481 e. The van der Waals surface area contributed by atoms with E-state index < -0.39 is 23.5 Å². The van der Waals surface area contributed by atoms with Gasteiger partial charge >= 0.3 is 12.0 Å². The number of aliphatic hydroxyl groups excluding tert-OH is 1. The van der Waals surface area contributed by atoms with E-state index >= 15 is 0 Å². The van der Waals surface area contributed by atoms with E-state index in [-0.39, 0.29) is 12.6 Å². The fourth-order valence-electron chi connectivity index (χ4n) is 1.88. The van der Waals surface area contributed by atoms with Crippen molar-refractivity contribution < 1.29 is 19.8 Å². The molecule has 1 fully saturated rings. The number of urea groups is 1. The molecule has 1 aliphatic rings. The Labute approximate surface area is 107 Å². The molecule has 4 N–H and O–H groups in total. The molecule has 0 bridgehead atoms. The number of hydrogen-bond donors (Lipinski definition) is 4. The molecule has 1 saturated carbocycles. The largest absolute Gasteiger partial charge is 0.481 e. The number of carbonyl (C=O) groups is 2. The third-order valence-electron chi connectivity index (χ3n) is 3.32. The van der Waals surface area contributed by atoms with Gasteiger partial charge in [0.15, 0.2) is 0 Å². The van der Waals surface area contributed by atoms with E-state index in [0.717, 1.165) is 19.3 Å². The van der Waals surface area contributed by atoms with Gasteiger partial charge in [-0.05, 0) is 26.7 Å². The predicted octanol–water partition coefficient (Wildman–Crippen LogP) is 0.700. The van der Waals surface area contributed by atoms with E-state index in [2.05, 4.69) is 10.6 Å². The molecular formula is C12H22N2O4. The van der Waals surface area contributed by atoms with Gasteiger partial charge < -0.3 is 20.8 Å². The van der Waals surface area contributed by atoms with Gasteiger partial charge in [0, 0.05) is 6.54 Å². The quantitative estimate of drug-likeness (QED) is 0.596. The fraction of sp³-hybridized carbons (Fsp3) is 0.833. The second-order valence-electron chi connectivity index (χ2n) is 5.47. The Kier molecular flexibility index (Phi) is 4.95. The highest BCUT2D eigenvalue weighted by atomic mass is 16.4. The molecule has 0 radical (unpaired) electrons. The van der Waals surface area contributed by atoms with Crippen molar-refractivity contribution in [1.82, 2.24) is 10.6 Å². The Morgan fingerprint density at radius 2 is 1.89 bits per heavy atom. The molecule has 18 heavy (non-hydrogen) atoms. The zero-order valence-electron chi connectivity index (χ0n) is 10.9. The fourth-order valence-corrected chi connectivity index (χ4v) is 1.88. The second kappa shape index (κ2) is 6.04. The van der Waals surface area contributed by atoms with Crippen molar-refractivity contribution in [2.45, 2.75) is 51.7 Å². The molecule has 0 heterocycles. The maximum atomic E-state index is 11.6. The van der Waals surface area contributed by atoms with E-state index in [1.54, 1.807) is 13.8 Å². The maximum Gasteiger partial charge on any atom is 0.315 e. The molecule has 2 unspecified atom stereocenters. The Hall–Kier alpha value is -1.30. The number of carboxylic acids is 1. The zero-order valence-corrected chi connectivity index (χ0v) is 10.9. The van der Waals surface area contributed by atoms with Crippen LogP contribution in [0, 0.1) is 5.41 Å². The molecule has 1 aliphatic carbocycles. The number of nitrogens with one attached hydrogen (secondary N) is 2. The Bertz CT molecular complexity index is 317. The van der Waals surface area contributed by atoms with Crippen molar-refractivity contribution in [1.29, 1.82) is 0 Å². The summed E-state index contributed by atoms with van der Waals surface area (Å²) in [4.78, 5) is 22.5. The van der Waals surface area contributed by atoms with E-state index in [4.69, 9.17) is 5.11 Å². The number of aliphatic carboxylic acids is 1. The van der Waals surface area contributed by atoms with Crippen LogP contribution in [0.1, 0.15) is 39.5 Å². The lowest BCUT2D eigenvalue weighted by molar-refractivity contribution is -0.146. The standard InChI is InChI=1S/C12H22N2O4/c1-12(2,10(16)17)7-13-11(18)14-8-5-3-4-6-9(8)15/h8-9,15H,3-7H2,1-2H3,(H,16,17)(H2,13,14,18). The van der Waals surface area contributed by atoms with Crippen molar-refractivity contribution in [3.05, 3.63) is 0 Å². The first-order chi connectivity index (χ1) is 8.33. The van der Waals surface area contributed by atoms with Crippen LogP contribution in [0.25, 0.3) is 0 Å². The average Bonchev–Trinajstić information content (AvgIpc) is 2.29. The second-order valence-corrected chi connectivity index (χ2v) is 5.47. The van der Waals surface area contributed by atoms with Crippen molar-refractivity contribution in [2.24, 2.45) is 5.41 Å². The molecule has 2 amide bonds. The summed E-state index contributed by atoms with van der Waals surface area (Å²) in [5.74, 6) is -0.958.